The molecule has 1 heterocycles. The van der Waals surface area contributed by atoms with Crippen molar-refractivity contribution in [2.75, 3.05) is 40.0 Å². The Balaban J connectivity index is 2.41. The number of rotatable bonds is 6. The molecular weight excluding hydrogens is 196 g/mol. The molecule has 5 nitrogen and oxygen atoms in total. The van der Waals surface area contributed by atoms with E-state index >= 15 is 0 Å². The van der Waals surface area contributed by atoms with Gasteiger partial charge < -0.3 is 20.1 Å². The van der Waals surface area contributed by atoms with Gasteiger partial charge in [0.1, 0.15) is 6.61 Å². The molecule has 1 unspecified atom stereocenters. The van der Waals surface area contributed by atoms with Gasteiger partial charge in [0.25, 0.3) is 0 Å². The Morgan fingerprint density at radius 3 is 3.13 bits per heavy atom. The highest BCUT2D eigenvalue weighted by Crippen LogP contribution is 2.11. The molecule has 2 N–H and O–H groups in total. The first kappa shape index (κ1) is 12.4. The first-order chi connectivity index (χ1) is 7.29. The molecule has 0 aromatic rings. The molecule has 5 heteroatoms. The lowest BCUT2D eigenvalue weighted by molar-refractivity contribution is -0.148. The molecule has 1 atom stereocenters. The van der Waals surface area contributed by atoms with E-state index in [-0.39, 0.29) is 18.6 Å². The van der Waals surface area contributed by atoms with Crippen molar-refractivity contribution in [3.05, 3.63) is 0 Å². The second kappa shape index (κ2) is 6.76. The summed E-state index contributed by atoms with van der Waals surface area (Å²) in [4.78, 5) is 13.5. The third-order valence-corrected chi connectivity index (χ3v) is 2.54. The fourth-order valence-corrected chi connectivity index (χ4v) is 1.78. The Bertz CT molecular complexity index is 197. The predicted molar refractivity (Wildman–Crippen MR) is 56.5 cm³/mol. The van der Waals surface area contributed by atoms with E-state index in [1.807, 2.05) is 4.90 Å². The molecule has 88 valence electrons. The van der Waals surface area contributed by atoms with Crippen molar-refractivity contribution in [3.63, 3.8) is 0 Å². The van der Waals surface area contributed by atoms with Crippen molar-refractivity contribution in [1.82, 2.24) is 4.90 Å². The number of nitrogens with two attached hydrogens (primary N) is 1. The van der Waals surface area contributed by atoms with Gasteiger partial charge in [-0.05, 0) is 19.4 Å². The molecular formula is C10H20N2O3. The van der Waals surface area contributed by atoms with E-state index in [9.17, 15) is 4.79 Å². The summed E-state index contributed by atoms with van der Waals surface area (Å²) in [5, 5.41) is 0. The first-order valence-corrected chi connectivity index (χ1v) is 5.35. The molecule has 1 rings (SSSR count). The largest absolute Gasteiger partial charge is 0.385 e. The average Bonchev–Trinajstić information content (AvgIpc) is 2.23. The minimum absolute atomic E-state index is 0.0656. The number of morpholine rings is 1. The van der Waals surface area contributed by atoms with E-state index in [0.717, 1.165) is 19.4 Å². The molecule has 0 aliphatic carbocycles. The lowest BCUT2D eigenvalue weighted by Crippen LogP contribution is -2.50. The topological polar surface area (TPSA) is 64.8 Å². The third-order valence-electron chi connectivity index (χ3n) is 2.54. The van der Waals surface area contributed by atoms with Crippen LogP contribution in [0.25, 0.3) is 0 Å². The van der Waals surface area contributed by atoms with Crippen LogP contribution in [0.15, 0.2) is 0 Å². The van der Waals surface area contributed by atoms with Crippen molar-refractivity contribution in [2.45, 2.75) is 18.9 Å². The van der Waals surface area contributed by atoms with E-state index in [2.05, 4.69) is 0 Å². The minimum atomic E-state index is 0.0656. The fourth-order valence-electron chi connectivity index (χ4n) is 1.78. The number of hydrogen-bond acceptors (Lipinski definition) is 4. The Morgan fingerprint density at radius 2 is 2.47 bits per heavy atom. The van der Waals surface area contributed by atoms with Crippen molar-refractivity contribution >= 4 is 5.91 Å². The lowest BCUT2D eigenvalue weighted by atomic mass is 10.1. The van der Waals surface area contributed by atoms with Crippen LogP contribution in [-0.4, -0.2) is 56.9 Å². The van der Waals surface area contributed by atoms with Crippen LogP contribution in [0.3, 0.4) is 0 Å². The number of carbonyl (C=O) groups excluding carboxylic acids is 1. The number of nitrogens with zero attached hydrogens (tertiary/aromatic N) is 1. The monoisotopic (exact) mass is 216 g/mol. The molecule has 0 spiro atoms. The number of carbonyl (C=O) groups is 1. The van der Waals surface area contributed by atoms with Gasteiger partial charge in [-0.2, -0.15) is 0 Å². The van der Waals surface area contributed by atoms with E-state index in [0.29, 0.717) is 19.8 Å². The molecule has 0 aromatic carbocycles. The van der Waals surface area contributed by atoms with Gasteiger partial charge in [0.05, 0.1) is 12.6 Å². The summed E-state index contributed by atoms with van der Waals surface area (Å²) in [5.41, 5.74) is 5.50. The molecule has 0 aromatic heterocycles. The van der Waals surface area contributed by atoms with Gasteiger partial charge in [-0.3, -0.25) is 4.79 Å². The summed E-state index contributed by atoms with van der Waals surface area (Å²) in [6.45, 7) is 2.81. The van der Waals surface area contributed by atoms with Gasteiger partial charge in [-0.25, -0.2) is 0 Å². The maximum absolute atomic E-state index is 11.6. The molecule has 1 saturated heterocycles. The Morgan fingerprint density at radius 1 is 1.67 bits per heavy atom. The number of hydrogen-bond donors (Lipinski definition) is 1. The van der Waals surface area contributed by atoms with Crippen LogP contribution in [0.2, 0.25) is 0 Å². The number of amides is 1. The highest BCUT2D eigenvalue weighted by Gasteiger charge is 2.27. The van der Waals surface area contributed by atoms with Crippen molar-refractivity contribution in [1.29, 1.82) is 0 Å². The Hall–Kier alpha value is -0.650. The van der Waals surface area contributed by atoms with E-state index in [1.54, 1.807) is 7.11 Å². The van der Waals surface area contributed by atoms with Crippen molar-refractivity contribution < 1.29 is 14.3 Å². The predicted octanol–water partition coefficient (Wildman–Crippen LogP) is -0.401. The van der Waals surface area contributed by atoms with Crippen LogP contribution in [0.5, 0.6) is 0 Å². The standard InChI is InChI=1S/C10H20N2O3/c1-14-6-2-5-12-9(3-4-11)7-15-8-10(12)13/h9H,2-8,11H2,1H3. The van der Waals surface area contributed by atoms with Gasteiger partial charge in [-0.15, -0.1) is 0 Å². The van der Waals surface area contributed by atoms with Crippen molar-refractivity contribution in [2.24, 2.45) is 5.73 Å². The molecule has 1 aliphatic rings. The smallest absolute Gasteiger partial charge is 0.248 e. The lowest BCUT2D eigenvalue weighted by Gasteiger charge is -2.35. The van der Waals surface area contributed by atoms with Gasteiger partial charge in [-0.1, -0.05) is 0 Å². The zero-order valence-corrected chi connectivity index (χ0v) is 9.28. The van der Waals surface area contributed by atoms with Crippen LogP contribution in [0, 0.1) is 0 Å². The maximum atomic E-state index is 11.6. The zero-order chi connectivity index (χ0) is 11.1. The maximum Gasteiger partial charge on any atom is 0.248 e. The molecule has 1 amide bonds. The number of methoxy groups -OCH3 is 1. The minimum Gasteiger partial charge on any atom is -0.385 e. The van der Waals surface area contributed by atoms with Crippen LogP contribution in [0.1, 0.15) is 12.8 Å². The average molecular weight is 216 g/mol. The van der Waals surface area contributed by atoms with Gasteiger partial charge in [0.2, 0.25) is 5.91 Å². The molecule has 0 bridgehead atoms. The molecule has 15 heavy (non-hydrogen) atoms. The summed E-state index contributed by atoms with van der Waals surface area (Å²) >= 11 is 0. The molecule has 0 saturated carbocycles. The van der Waals surface area contributed by atoms with Gasteiger partial charge >= 0.3 is 0 Å². The van der Waals surface area contributed by atoms with Crippen molar-refractivity contribution in [3.8, 4) is 0 Å². The fraction of sp³-hybridized carbons (Fsp3) is 0.900. The van der Waals surface area contributed by atoms with Crippen LogP contribution in [-0.2, 0) is 14.3 Å². The highest BCUT2D eigenvalue weighted by atomic mass is 16.5. The number of ether oxygens (including phenoxy) is 2. The van der Waals surface area contributed by atoms with Gasteiger partial charge in [0, 0.05) is 20.3 Å². The SMILES string of the molecule is COCCCN1C(=O)COCC1CCN. The summed E-state index contributed by atoms with van der Waals surface area (Å²) in [6, 6.07) is 0.146. The molecule has 1 fully saturated rings. The quantitative estimate of drug-likeness (QED) is 0.614. The zero-order valence-electron chi connectivity index (χ0n) is 9.28. The van der Waals surface area contributed by atoms with Crippen LogP contribution < -0.4 is 5.73 Å². The second-order valence-electron chi connectivity index (χ2n) is 3.68. The van der Waals surface area contributed by atoms with Crippen LogP contribution in [0.4, 0.5) is 0 Å². The Labute approximate surface area is 90.5 Å². The summed E-state index contributed by atoms with van der Waals surface area (Å²) < 4.78 is 10.2. The normalized spacial score (nSPS) is 22.1. The highest BCUT2D eigenvalue weighted by molar-refractivity contribution is 5.78. The first-order valence-electron chi connectivity index (χ1n) is 5.35. The second-order valence-corrected chi connectivity index (χ2v) is 3.68. The summed E-state index contributed by atoms with van der Waals surface area (Å²) in [5.74, 6) is 0.0656. The van der Waals surface area contributed by atoms with Crippen LogP contribution >= 0.6 is 0 Å². The van der Waals surface area contributed by atoms with E-state index in [1.165, 1.54) is 0 Å². The molecule has 0 radical (unpaired) electrons. The van der Waals surface area contributed by atoms with Gasteiger partial charge in [0.15, 0.2) is 0 Å². The summed E-state index contributed by atoms with van der Waals surface area (Å²) in [6.07, 6.45) is 1.67. The third kappa shape index (κ3) is 3.77. The Kier molecular flexibility index (Phi) is 5.60. The molecule has 1 aliphatic heterocycles. The van der Waals surface area contributed by atoms with E-state index < -0.39 is 0 Å². The summed E-state index contributed by atoms with van der Waals surface area (Å²) in [7, 11) is 1.67. The van der Waals surface area contributed by atoms with E-state index in [4.69, 9.17) is 15.2 Å².